The van der Waals surface area contributed by atoms with Gasteiger partial charge in [-0.2, -0.15) is 0 Å². The number of amides is 1. The van der Waals surface area contributed by atoms with E-state index in [2.05, 4.69) is 15.4 Å². The number of nitrogens with one attached hydrogen (secondary N) is 3. The second kappa shape index (κ2) is 8.56. The van der Waals surface area contributed by atoms with Crippen molar-refractivity contribution in [3.63, 3.8) is 0 Å². The van der Waals surface area contributed by atoms with Crippen molar-refractivity contribution in [1.82, 2.24) is 15.4 Å². The van der Waals surface area contributed by atoms with Gasteiger partial charge in [0.2, 0.25) is 15.9 Å². The molecule has 1 rings (SSSR count). The fraction of sp³-hybridized carbons (Fsp3) is 0.462. The smallest absolute Gasteiger partial charge is 0.270 e. The average Bonchev–Trinajstić information content (AvgIpc) is 2.51. The number of nitro groups is 1. The van der Waals surface area contributed by atoms with Crippen LogP contribution in [0.1, 0.15) is 6.92 Å². The summed E-state index contributed by atoms with van der Waals surface area (Å²) in [5.41, 5.74) is -0.304. The molecule has 0 bridgehead atoms. The van der Waals surface area contributed by atoms with Gasteiger partial charge in [-0.15, -0.1) is 0 Å². The highest BCUT2D eigenvalue weighted by Gasteiger charge is 2.17. The van der Waals surface area contributed by atoms with Crippen LogP contribution in [0.25, 0.3) is 0 Å². The normalized spacial score (nSPS) is 12.6. The van der Waals surface area contributed by atoms with Gasteiger partial charge in [0.1, 0.15) is 0 Å². The van der Waals surface area contributed by atoms with E-state index >= 15 is 0 Å². The lowest BCUT2D eigenvalue weighted by atomic mass is 10.1. The van der Waals surface area contributed by atoms with Crippen molar-refractivity contribution in [2.45, 2.75) is 11.8 Å². The molecular weight excluding hydrogens is 324 g/mol. The van der Waals surface area contributed by atoms with Crippen LogP contribution in [0.2, 0.25) is 0 Å². The minimum atomic E-state index is -3.86. The van der Waals surface area contributed by atoms with Crippen molar-refractivity contribution < 1.29 is 18.1 Å². The number of rotatable bonds is 9. The fourth-order valence-corrected chi connectivity index (χ4v) is 2.86. The highest BCUT2D eigenvalue weighted by molar-refractivity contribution is 7.89. The van der Waals surface area contributed by atoms with Gasteiger partial charge in [-0.1, -0.05) is 13.0 Å². The molecule has 1 unspecified atom stereocenters. The summed E-state index contributed by atoms with van der Waals surface area (Å²) in [6, 6.07) is 4.76. The maximum atomic E-state index is 12.0. The number of hydrogen-bond donors (Lipinski definition) is 3. The molecule has 0 aliphatic heterocycles. The van der Waals surface area contributed by atoms with Crippen LogP contribution < -0.4 is 15.4 Å². The molecule has 3 N–H and O–H groups in total. The lowest BCUT2D eigenvalue weighted by molar-refractivity contribution is -0.385. The molecule has 9 nitrogen and oxygen atoms in total. The van der Waals surface area contributed by atoms with Gasteiger partial charge >= 0.3 is 0 Å². The van der Waals surface area contributed by atoms with Gasteiger partial charge in [0.25, 0.3) is 5.69 Å². The van der Waals surface area contributed by atoms with Crippen molar-refractivity contribution in [3.8, 4) is 0 Å². The Balaban J connectivity index is 2.55. The number of carbonyl (C=O) groups is 1. The predicted molar refractivity (Wildman–Crippen MR) is 84.4 cm³/mol. The number of nitro benzene ring substituents is 1. The Bertz CT molecular complexity index is 662. The maximum absolute atomic E-state index is 12.0. The van der Waals surface area contributed by atoms with Crippen LogP contribution in [0.5, 0.6) is 0 Å². The van der Waals surface area contributed by atoms with Gasteiger partial charge in [-0.3, -0.25) is 14.9 Å². The van der Waals surface area contributed by atoms with Crippen molar-refractivity contribution >= 4 is 21.6 Å². The van der Waals surface area contributed by atoms with E-state index < -0.39 is 14.9 Å². The standard InChI is InChI=1S/C13H20N4O5S/c1-10(9-14-2)13(18)15-6-7-16-23(21,22)12-5-3-4-11(8-12)17(19)20/h3-5,8,10,14,16H,6-7,9H2,1-2H3,(H,15,18). The van der Waals surface area contributed by atoms with Crippen LogP contribution in [-0.4, -0.2) is 45.9 Å². The molecule has 0 heterocycles. The molecule has 1 aromatic carbocycles. The molecule has 0 radical (unpaired) electrons. The van der Waals surface area contributed by atoms with Gasteiger partial charge in [-0.05, 0) is 13.1 Å². The van der Waals surface area contributed by atoms with E-state index in [0.717, 1.165) is 6.07 Å². The summed E-state index contributed by atoms with van der Waals surface area (Å²) in [6.07, 6.45) is 0. The van der Waals surface area contributed by atoms with Gasteiger partial charge in [0.15, 0.2) is 0 Å². The van der Waals surface area contributed by atoms with Gasteiger partial charge in [0.05, 0.1) is 9.82 Å². The molecule has 1 aromatic rings. The zero-order chi connectivity index (χ0) is 17.5. The second-order valence-electron chi connectivity index (χ2n) is 4.90. The Hall–Kier alpha value is -2.04. The Kier molecular flexibility index (Phi) is 7.07. The number of benzene rings is 1. The minimum Gasteiger partial charge on any atom is -0.355 e. The van der Waals surface area contributed by atoms with Crippen molar-refractivity contribution in [1.29, 1.82) is 0 Å². The molecule has 0 aromatic heterocycles. The second-order valence-corrected chi connectivity index (χ2v) is 6.67. The molecule has 0 fully saturated rings. The topological polar surface area (TPSA) is 130 Å². The Morgan fingerprint density at radius 2 is 2.04 bits per heavy atom. The van der Waals surface area contributed by atoms with Crippen molar-refractivity contribution in [2.75, 3.05) is 26.7 Å². The summed E-state index contributed by atoms with van der Waals surface area (Å²) in [6.45, 7) is 2.38. The van der Waals surface area contributed by atoms with Crippen LogP contribution in [0.4, 0.5) is 5.69 Å². The summed E-state index contributed by atoms with van der Waals surface area (Å²) >= 11 is 0. The van der Waals surface area contributed by atoms with Crippen LogP contribution in [0, 0.1) is 16.0 Å². The van der Waals surface area contributed by atoms with E-state index in [1.165, 1.54) is 18.2 Å². The lowest BCUT2D eigenvalue weighted by Gasteiger charge is -2.12. The Morgan fingerprint density at radius 3 is 2.65 bits per heavy atom. The minimum absolute atomic E-state index is 0.0109. The number of sulfonamides is 1. The van der Waals surface area contributed by atoms with Crippen LogP contribution in [0.3, 0.4) is 0 Å². The van der Waals surface area contributed by atoms with E-state index in [0.29, 0.717) is 6.54 Å². The zero-order valence-electron chi connectivity index (χ0n) is 12.9. The number of carbonyl (C=O) groups excluding carboxylic acids is 1. The highest BCUT2D eigenvalue weighted by atomic mass is 32.2. The third-order valence-corrected chi connectivity index (χ3v) is 4.47. The number of nitrogens with zero attached hydrogens (tertiary/aromatic N) is 1. The summed E-state index contributed by atoms with van der Waals surface area (Å²) in [7, 11) is -2.13. The third kappa shape index (κ3) is 5.93. The van der Waals surface area contributed by atoms with Crippen molar-refractivity contribution in [2.24, 2.45) is 5.92 Å². The van der Waals surface area contributed by atoms with Gasteiger partial charge in [0, 0.05) is 37.7 Å². The molecule has 0 saturated heterocycles. The summed E-state index contributed by atoms with van der Waals surface area (Å²) in [5, 5.41) is 16.1. The monoisotopic (exact) mass is 344 g/mol. The van der Waals surface area contributed by atoms with Crippen LogP contribution in [-0.2, 0) is 14.8 Å². The molecule has 1 atom stereocenters. The maximum Gasteiger partial charge on any atom is 0.270 e. The Morgan fingerprint density at radius 1 is 1.35 bits per heavy atom. The molecule has 10 heteroatoms. The first-order valence-electron chi connectivity index (χ1n) is 6.94. The lowest BCUT2D eigenvalue weighted by Crippen LogP contribution is -2.39. The molecule has 0 spiro atoms. The van der Waals surface area contributed by atoms with Gasteiger partial charge in [-0.25, -0.2) is 13.1 Å². The van der Waals surface area contributed by atoms with E-state index in [-0.39, 0.29) is 35.5 Å². The summed E-state index contributed by atoms with van der Waals surface area (Å²) in [5.74, 6) is -0.415. The molecule has 128 valence electrons. The molecular formula is C13H20N4O5S. The third-order valence-electron chi connectivity index (χ3n) is 3.01. The molecule has 0 aliphatic carbocycles. The molecule has 1 amide bonds. The number of hydrogen-bond acceptors (Lipinski definition) is 6. The predicted octanol–water partition coefficient (Wildman–Crippen LogP) is -0.155. The van der Waals surface area contributed by atoms with Crippen LogP contribution >= 0.6 is 0 Å². The zero-order valence-corrected chi connectivity index (χ0v) is 13.7. The SMILES string of the molecule is CNCC(C)C(=O)NCCNS(=O)(=O)c1cccc([N+](=O)[O-])c1. The first-order chi connectivity index (χ1) is 10.8. The molecule has 0 aliphatic rings. The van der Waals surface area contributed by atoms with E-state index in [4.69, 9.17) is 0 Å². The summed E-state index contributed by atoms with van der Waals surface area (Å²) in [4.78, 5) is 21.5. The Labute approximate surface area is 134 Å². The van der Waals surface area contributed by atoms with E-state index in [1.54, 1.807) is 14.0 Å². The quantitative estimate of drug-likeness (QED) is 0.324. The molecule has 0 saturated carbocycles. The van der Waals surface area contributed by atoms with Crippen LogP contribution in [0.15, 0.2) is 29.2 Å². The van der Waals surface area contributed by atoms with E-state index in [1.807, 2.05) is 0 Å². The number of non-ortho nitro benzene ring substituents is 1. The van der Waals surface area contributed by atoms with E-state index in [9.17, 15) is 23.3 Å². The molecule has 23 heavy (non-hydrogen) atoms. The highest BCUT2D eigenvalue weighted by Crippen LogP contribution is 2.16. The average molecular weight is 344 g/mol. The first kappa shape index (κ1) is 19.0. The largest absolute Gasteiger partial charge is 0.355 e. The van der Waals surface area contributed by atoms with Crippen molar-refractivity contribution in [3.05, 3.63) is 34.4 Å². The first-order valence-corrected chi connectivity index (χ1v) is 8.42. The fourth-order valence-electron chi connectivity index (χ4n) is 1.79. The summed E-state index contributed by atoms with van der Waals surface area (Å²) < 4.78 is 26.4. The van der Waals surface area contributed by atoms with Gasteiger partial charge < -0.3 is 10.6 Å².